The van der Waals surface area contributed by atoms with Crippen LogP contribution in [0.2, 0.25) is 0 Å². The number of hydrogen-bond acceptors (Lipinski definition) is 6. The van der Waals surface area contributed by atoms with Crippen LogP contribution in [0, 0.1) is 11.8 Å². The van der Waals surface area contributed by atoms with Crippen molar-refractivity contribution in [1.29, 1.82) is 0 Å². The third-order valence-corrected chi connectivity index (χ3v) is 6.39. The molecule has 1 heterocycles. The molecule has 3 rings (SSSR count). The number of carbonyl (C=O) groups excluding carboxylic acids is 2. The molecule has 32 heavy (non-hydrogen) atoms. The number of fused-ring (bicyclic) bond motifs is 1. The second kappa shape index (κ2) is 10.0. The molecule has 0 radical (unpaired) electrons. The van der Waals surface area contributed by atoms with Crippen molar-refractivity contribution in [2.24, 2.45) is 11.8 Å². The largest absolute Gasteiger partial charge is 0.459 e. The van der Waals surface area contributed by atoms with E-state index in [-0.39, 0.29) is 17.9 Å². The molecule has 0 spiro atoms. The lowest BCUT2D eigenvalue weighted by atomic mass is 9.78. The average Bonchev–Trinajstić information content (AvgIpc) is 3.34. The predicted octanol–water partition coefficient (Wildman–Crippen LogP) is 4.07. The number of hydrogen-bond donors (Lipinski definition) is 1. The molecule has 6 heteroatoms. The number of carbonyl (C=O) groups is 2. The number of aliphatic hydroxyl groups is 1. The van der Waals surface area contributed by atoms with Gasteiger partial charge in [-0.15, -0.1) is 0 Å². The maximum atomic E-state index is 12.8. The monoisotopic (exact) mass is 442 g/mol. The molecule has 1 aromatic carbocycles. The summed E-state index contributed by atoms with van der Waals surface area (Å²) < 4.78 is 17.6. The standard InChI is InChI=1S/C26H34O6/c1-16(2)25-21(30-18(4)27)13-17(3)20(28)14-23-26(5,32-23)15-22(25)31-24(29)12-11-19-9-7-6-8-10-19/h6-13,16,20-23,25,28H,14-15H2,1-5H3. The van der Waals surface area contributed by atoms with Crippen LogP contribution in [-0.2, 0) is 23.8 Å². The molecule has 174 valence electrons. The van der Waals surface area contributed by atoms with E-state index in [4.69, 9.17) is 14.2 Å². The summed E-state index contributed by atoms with van der Waals surface area (Å²) in [5.74, 6) is -1.13. The molecule has 0 amide bonds. The van der Waals surface area contributed by atoms with Gasteiger partial charge < -0.3 is 19.3 Å². The van der Waals surface area contributed by atoms with E-state index < -0.39 is 35.9 Å². The van der Waals surface area contributed by atoms with Crippen LogP contribution >= 0.6 is 0 Å². The molecule has 0 bridgehead atoms. The third-order valence-electron chi connectivity index (χ3n) is 6.39. The SMILES string of the molecule is CC(=O)OC1C=C(C)C(O)CC2OC2(C)CC(OC(=O)C=Cc2ccccc2)C1C(C)C. The number of aliphatic hydroxyl groups excluding tert-OH is 1. The molecule has 0 saturated carbocycles. The summed E-state index contributed by atoms with van der Waals surface area (Å²) in [6.07, 6.45) is 3.90. The van der Waals surface area contributed by atoms with E-state index in [1.165, 1.54) is 13.0 Å². The molecule has 1 saturated heterocycles. The van der Waals surface area contributed by atoms with Crippen molar-refractivity contribution in [1.82, 2.24) is 0 Å². The number of benzene rings is 1. The highest BCUT2D eigenvalue weighted by Gasteiger charge is 2.56. The Balaban J connectivity index is 1.91. The molecule has 6 nitrogen and oxygen atoms in total. The van der Waals surface area contributed by atoms with Gasteiger partial charge in [0.25, 0.3) is 0 Å². The van der Waals surface area contributed by atoms with Crippen molar-refractivity contribution >= 4 is 18.0 Å². The van der Waals surface area contributed by atoms with Crippen LogP contribution in [0.1, 0.15) is 53.0 Å². The number of epoxide rings is 1. The second-order valence-corrected chi connectivity index (χ2v) is 9.40. The van der Waals surface area contributed by atoms with Crippen molar-refractivity contribution in [3.05, 3.63) is 53.6 Å². The first-order valence-electron chi connectivity index (χ1n) is 11.2. The third kappa shape index (κ3) is 6.08. The second-order valence-electron chi connectivity index (χ2n) is 9.40. The van der Waals surface area contributed by atoms with Gasteiger partial charge in [-0.3, -0.25) is 4.79 Å². The van der Waals surface area contributed by atoms with Crippen molar-refractivity contribution in [2.45, 2.75) is 77.5 Å². The summed E-state index contributed by atoms with van der Waals surface area (Å²) in [5.41, 5.74) is 1.12. The minimum atomic E-state index is -0.680. The molecule has 1 fully saturated rings. The van der Waals surface area contributed by atoms with Crippen molar-refractivity contribution in [3.63, 3.8) is 0 Å². The summed E-state index contributed by atoms with van der Waals surface area (Å²) in [5, 5.41) is 10.6. The zero-order valence-electron chi connectivity index (χ0n) is 19.5. The van der Waals surface area contributed by atoms with Gasteiger partial charge in [0.2, 0.25) is 0 Å². The maximum absolute atomic E-state index is 12.8. The van der Waals surface area contributed by atoms with Crippen LogP contribution in [0.5, 0.6) is 0 Å². The van der Waals surface area contributed by atoms with Crippen molar-refractivity contribution in [2.75, 3.05) is 0 Å². The first-order valence-corrected chi connectivity index (χ1v) is 11.2. The van der Waals surface area contributed by atoms with Gasteiger partial charge in [0, 0.05) is 31.8 Å². The van der Waals surface area contributed by atoms with Crippen LogP contribution in [0.3, 0.4) is 0 Å². The Labute approximate surface area is 190 Å². The Bertz CT molecular complexity index is 874. The van der Waals surface area contributed by atoms with Gasteiger partial charge >= 0.3 is 11.9 Å². The first kappa shape index (κ1) is 24.2. The fourth-order valence-electron chi connectivity index (χ4n) is 4.54. The van der Waals surface area contributed by atoms with E-state index in [9.17, 15) is 14.7 Å². The zero-order valence-corrected chi connectivity index (χ0v) is 19.5. The molecular weight excluding hydrogens is 408 g/mol. The lowest BCUT2D eigenvalue weighted by Gasteiger charge is -2.36. The van der Waals surface area contributed by atoms with Crippen LogP contribution in [0.25, 0.3) is 6.08 Å². The Morgan fingerprint density at radius 1 is 1.22 bits per heavy atom. The van der Waals surface area contributed by atoms with Gasteiger partial charge in [-0.2, -0.15) is 0 Å². The molecule has 1 N–H and O–H groups in total. The zero-order chi connectivity index (χ0) is 23.5. The maximum Gasteiger partial charge on any atom is 0.331 e. The summed E-state index contributed by atoms with van der Waals surface area (Å²) in [6.45, 7) is 9.19. The molecule has 2 aliphatic rings. The molecule has 0 aromatic heterocycles. The Morgan fingerprint density at radius 3 is 2.53 bits per heavy atom. The highest BCUT2D eigenvalue weighted by Crippen LogP contribution is 2.47. The van der Waals surface area contributed by atoms with E-state index in [1.807, 2.05) is 58.0 Å². The molecule has 1 aromatic rings. The van der Waals surface area contributed by atoms with Crippen molar-refractivity contribution in [3.8, 4) is 0 Å². The summed E-state index contributed by atoms with van der Waals surface area (Å²) in [7, 11) is 0. The van der Waals surface area contributed by atoms with E-state index in [0.29, 0.717) is 12.8 Å². The van der Waals surface area contributed by atoms with Crippen LogP contribution < -0.4 is 0 Å². The smallest absolute Gasteiger partial charge is 0.331 e. The Kier molecular flexibility index (Phi) is 7.57. The number of esters is 2. The minimum Gasteiger partial charge on any atom is -0.459 e. The van der Waals surface area contributed by atoms with Gasteiger partial charge in [-0.05, 0) is 43.1 Å². The van der Waals surface area contributed by atoms with E-state index in [0.717, 1.165) is 11.1 Å². The number of ether oxygens (including phenoxy) is 3. The lowest BCUT2D eigenvalue weighted by Crippen LogP contribution is -2.43. The lowest BCUT2D eigenvalue weighted by molar-refractivity contribution is -0.158. The van der Waals surface area contributed by atoms with Gasteiger partial charge in [-0.25, -0.2) is 4.79 Å². The van der Waals surface area contributed by atoms with Gasteiger partial charge in [0.1, 0.15) is 12.2 Å². The topological polar surface area (TPSA) is 85.4 Å². The van der Waals surface area contributed by atoms with Gasteiger partial charge in [-0.1, -0.05) is 44.2 Å². The number of rotatable bonds is 5. The van der Waals surface area contributed by atoms with Crippen LogP contribution in [0.15, 0.2) is 48.1 Å². The predicted molar refractivity (Wildman–Crippen MR) is 122 cm³/mol. The van der Waals surface area contributed by atoms with Crippen molar-refractivity contribution < 1.29 is 28.9 Å². The first-order chi connectivity index (χ1) is 15.1. The minimum absolute atomic E-state index is 0.0386. The quantitative estimate of drug-likeness (QED) is 0.320. The average molecular weight is 443 g/mol. The van der Waals surface area contributed by atoms with E-state index in [1.54, 1.807) is 12.2 Å². The summed E-state index contributed by atoms with van der Waals surface area (Å²) >= 11 is 0. The highest BCUT2D eigenvalue weighted by molar-refractivity contribution is 5.87. The van der Waals surface area contributed by atoms with Gasteiger partial charge in [0.15, 0.2) is 0 Å². The summed E-state index contributed by atoms with van der Waals surface area (Å²) in [6, 6.07) is 9.53. The van der Waals surface area contributed by atoms with Crippen LogP contribution in [0.4, 0.5) is 0 Å². The van der Waals surface area contributed by atoms with E-state index in [2.05, 4.69) is 0 Å². The fourth-order valence-corrected chi connectivity index (χ4v) is 4.54. The van der Waals surface area contributed by atoms with Gasteiger partial charge in [0.05, 0.1) is 17.8 Å². The molecule has 1 aliphatic carbocycles. The molecule has 6 unspecified atom stereocenters. The molecular formula is C26H34O6. The summed E-state index contributed by atoms with van der Waals surface area (Å²) in [4.78, 5) is 24.6. The Morgan fingerprint density at radius 2 is 1.91 bits per heavy atom. The fraction of sp³-hybridized carbons (Fsp3) is 0.538. The van der Waals surface area contributed by atoms with Crippen LogP contribution in [-0.4, -0.2) is 47.1 Å². The molecule has 1 aliphatic heterocycles. The highest BCUT2D eigenvalue weighted by atomic mass is 16.6. The normalized spacial score (nSPS) is 32.7. The molecule has 6 atom stereocenters. The Hall–Kier alpha value is -2.44. The van der Waals surface area contributed by atoms with E-state index >= 15 is 0 Å².